The lowest BCUT2D eigenvalue weighted by Gasteiger charge is -2.17. The molecule has 10 rings (SSSR count). The first kappa shape index (κ1) is 28.3. The first-order valence-corrected chi connectivity index (χ1v) is 16.7. The molecule has 0 atom stereocenters. The van der Waals surface area contributed by atoms with Crippen molar-refractivity contribution in [1.82, 2.24) is 0 Å². The van der Waals surface area contributed by atoms with Gasteiger partial charge in [0.05, 0.1) is 15.7 Å². The smallest absolute Gasteiger partial charge is 0.284 e. The highest BCUT2D eigenvalue weighted by atomic mass is 16.6. The third-order valence-corrected chi connectivity index (χ3v) is 10.1. The number of nitro groups is 1. The number of rotatable bonds is 4. The van der Waals surface area contributed by atoms with Gasteiger partial charge in [-0.2, -0.15) is 0 Å². The monoisotopic (exact) mass is 641 g/mol. The van der Waals surface area contributed by atoms with Crippen molar-refractivity contribution in [3.8, 4) is 33.4 Å². The van der Waals surface area contributed by atoms with E-state index in [4.69, 9.17) is 4.42 Å². The van der Waals surface area contributed by atoms with E-state index in [0.717, 1.165) is 49.4 Å². The van der Waals surface area contributed by atoms with Crippen LogP contribution in [0.3, 0.4) is 0 Å². The average molecular weight is 642 g/mol. The van der Waals surface area contributed by atoms with Gasteiger partial charge in [0.25, 0.3) is 5.69 Å². The Morgan fingerprint density at radius 2 is 0.780 bits per heavy atom. The van der Waals surface area contributed by atoms with E-state index in [9.17, 15) is 10.1 Å². The molecular formula is C46H27NO3. The molecule has 9 aromatic carbocycles. The zero-order chi connectivity index (χ0) is 33.3. The van der Waals surface area contributed by atoms with Crippen LogP contribution in [-0.2, 0) is 0 Å². The maximum atomic E-state index is 12.3. The first-order valence-electron chi connectivity index (χ1n) is 16.7. The molecule has 0 saturated carbocycles. The molecule has 0 aliphatic rings. The Hall–Kier alpha value is -6.78. The quantitative estimate of drug-likeness (QED) is 0.109. The van der Waals surface area contributed by atoms with E-state index in [0.29, 0.717) is 10.8 Å². The van der Waals surface area contributed by atoms with Gasteiger partial charge in [0, 0.05) is 10.8 Å². The minimum atomic E-state index is -0.268. The molecule has 0 aliphatic carbocycles. The van der Waals surface area contributed by atoms with Crippen LogP contribution >= 0.6 is 0 Å². The van der Waals surface area contributed by atoms with E-state index < -0.39 is 0 Å². The third kappa shape index (κ3) is 4.12. The Kier molecular flexibility index (Phi) is 6.14. The van der Waals surface area contributed by atoms with Crippen molar-refractivity contribution < 1.29 is 9.34 Å². The second kappa shape index (κ2) is 10.9. The standard InChI is InChI=1S/C46H27NO3/c48-47(49)46-38-20-10-8-18-36(38)45(37-19-9-11-21-39(37)46)30-22-24-31-40-26-29(23-25-41(40)50-42(31)27-30)44-34-16-6-4-14-32(34)43(28-12-2-1-3-13-28)33-15-5-7-17-35(33)44/h1-27H. The molecule has 0 N–H and O–H groups in total. The number of fused-ring (bicyclic) bond motifs is 7. The largest absolute Gasteiger partial charge is 0.456 e. The molecule has 0 fully saturated rings. The van der Waals surface area contributed by atoms with E-state index in [2.05, 4.69) is 115 Å². The van der Waals surface area contributed by atoms with E-state index >= 15 is 0 Å². The van der Waals surface area contributed by atoms with Crippen LogP contribution in [0.1, 0.15) is 0 Å². The summed E-state index contributed by atoms with van der Waals surface area (Å²) in [5.74, 6) is 0. The second-order valence-electron chi connectivity index (χ2n) is 12.8. The van der Waals surface area contributed by atoms with Gasteiger partial charge < -0.3 is 4.42 Å². The van der Waals surface area contributed by atoms with Gasteiger partial charge in [0.2, 0.25) is 0 Å². The van der Waals surface area contributed by atoms with Gasteiger partial charge in [-0.25, -0.2) is 0 Å². The van der Waals surface area contributed by atoms with E-state index in [1.165, 1.54) is 38.2 Å². The summed E-state index contributed by atoms with van der Waals surface area (Å²) in [5.41, 5.74) is 8.41. The molecule has 1 heterocycles. The first-order chi connectivity index (χ1) is 24.7. The summed E-state index contributed by atoms with van der Waals surface area (Å²) in [5, 5.41) is 22.1. The molecule has 4 nitrogen and oxygen atoms in total. The summed E-state index contributed by atoms with van der Waals surface area (Å²) in [6.45, 7) is 0. The van der Waals surface area contributed by atoms with Crippen LogP contribution in [-0.4, -0.2) is 4.92 Å². The van der Waals surface area contributed by atoms with Crippen molar-refractivity contribution in [2.24, 2.45) is 0 Å². The van der Waals surface area contributed by atoms with E-state index in [1.54, 1.807) is 0 Å². The molecular weight excluding hydrogens is 615 g/mol. The highest BCUT2D eigenvalue weighted by Gasteiger charge is 2.23. The van der Waals surface area contributed by atoms with Crippen molar-refractivity contribution in [2.45, 2.75) is 0 Å². The van der Waals surface area contributed by atoms with E-state index in [1.807, 2.05) is 48.5 Å². The van der Waals surface area contributed by atoms with Crippen LogP contribution in [0.4, 0.5) is 5.69 Å². The SMILES string of the molecule is O=[N+]([O-])c1c2ccccc2c(-c2ccc3c(c2)oc2ccc(-c4c5ccccc5c(-c5ccccc5)c5ccccc45)cc23)c2ccccc12. The predicted octanol–water partition coefficient (Wildman–Crippen LogP) is 13.1. The summed E-state index contributed by atoms with van der Waals surface area (Å²) >= 11 is 0. The Labute approximate surface area is 286 Å². The zero-order valence-electron chi connectivity index (χ0n) is 26.8. The molecule has 50 heavy (non-hydrogen) atoms. The van der Waals surface area contributed by atoms with Crippen molar-refractivity contribution in [3.05, 3.63) is 174 Å². The maximum Gasteiger partial charge on any atom is 0.284 e. The molecule has 0 aliphatic heterocycles. The van der Waals surface area contributed by atoms with Crippen LogP contribution in [0.2, 0.25) is 0 Å². The van der Waals surface area contributed by atoms with Gasteiger partial charge in [-0.3, -0.25) is 10.1 Å². The third-order valence-electron chi connectivity index (χ3n) is 10.1. The van der Waals surface area contributed by atoms with Crippen molar-refractivity contribution >= 4 is 70.7 Å². The molecule has 0 unspecified atom stereocenters. The number of hydrogen-bond acceptors (Lipinski definition) is 3. The van der Waals surface area contributed by atoms with Crippen molar-refractivity contribution in [1.29, 1.82) is 0 Å². The normalized spacial score (nSPS) is 11.8. The summed E-state index contributed by atoms with van der Waals surface area (Å²) in [6, 6.07) is 56.1. The fourth-order valence-corrected chi connectivity index (χ4v) is 8.06. The Morgan fingerprint density at radius 1 is 0.360 bits per heavy atom. The van der Waals surface area contributed by atoms with Crippen LogP contribution in [0.15, 0.2) is 168 Å². The molecule has 0 saturated heterocycles. The molecule has 0 spiro atoms. The van der Waals surface area contributed by atoms with Gasteiger partial charge in [-0.1, -0.05) is 127 Å². The number of furan rings is 1. The number of nitrogens with zero attached hydrogens (tertiary/aromatic N) is 1. The fourth-order valence-electron chi connectivity index (χ4n) is 8.06. The fraction of sp³-hybridized carbons (Fsp3) is 0. The molecule has 4 heteroatoms. The molecule has 10 aromatic rings. The van der Waals surface area contributed by atoms with Crippen molar-refractivity contribution in [2.75, 3.05) is 0 Å². The van der Waals surface area contributed by atoms with Gasteiger partial charge >= 0.3 is 0 Å². The number of benzene rings is 9. The summed E-state index contributed by atoms with van der Waals surface area (Å²) in [7, 11) is 0. The summed E-state index contributed by atoms with van der Waals surface area (Å²) < 4.78 is 6.54. The number of non-ortho nitro benzene ring substituents is 1. The molecule has 0 radical (unpaired) electrons. The van der Waals surface area contributed by atoms with Crippen LogP contribution in [0, 0.1) is 10.1 Å². The van der Waals surface area contributed by atoms with Gasteiger partial charge in [0.15, 0.2) is 0 Å². The van der Waals surface area contributed by atoms with Crippen LogP contribution in [0.5, 0.6) is 0 Å². The number of hydrogen-bond donors (Lipinski definition) is 0. The van der Waals surface area contributed by atoms with Gasteiger partial charge in [-0.05, 0) is 102 Å². The minimum Gasteiger partial charge on any atom is -0.456 e. The highest BCUT2D eigenvalue weighted by molar-refractivity contribution is 6.23. The second-order valence-corrected chi connectivity index (χ2v) is 12.8. The Morgan fingerprint density at radius 3 is 1.30 bits per heavy atom. The molecule has 234 valence electrons. The summed E-state index contributed by atoms with van der Waals surface area (Å²) in [6.07, 6.45) is 0. The van der Waals surface area contributed by atoms with Gasteiger partial charge in [-0.15, -0.1) is 0 Å². The lowest BCUT2D eigenvalue weighted by atomic mass is 9.86. The molecule has 0 amide bonds. The maximum absolute atomic E-state index is 12.3. The molecule has 1 aromatic heterocycles. The lowest BCUT2D eigenvalue weighted by molar-refractivity contribution is -0.381. The van der Waals surface area contributed by atoms with Gasteiger partial charge in [0.1, 0.15) is 11.2 Å². The number of nitro benzene ring substituents is 1. The predicted molar refractivity (Wildman–Crippen MR) is 207 cm³/mol. The molecule has 0 bridgehead atoms. The minimum absolute atomic E-state index is 0.133. The average Bonchev–Trinajstić information content (AvgIpc) is 3.53. The topological polar surface area (TPSA) is 56.3 Å². The highest BCUT2D eigenvalue weighted by Crippen LogP contribution is 2.46. The summed E-state index contributed by atoms with van der Waals surface area (Å²) in [4.78, 5) is 12.0. The Bertz CT molecular complexity index is 2900. The van der Waals surface area contributed by atoms with E-state index in [-0.39, 0.29) is 10.6 Å². The van der Waals surface area contributed by atoms with Crippen molar-refractivity contribution in [3.63, 3.8) is 0 Å². The van der Waals surface area contributed by atoms with Crippen LogP contribution < -0.4 is 0 Å². The zero-order valence-corrected chi connectivity index (χ0v) is 26.8. The Balaban J connectivity index is 1.20. The lowest BCUT2D eigenvalue weighted by Crippen LogP contribution is -1.94. The van der Waals surface area contributed by atoms with Crippen LogP contribution in [0.25, 0.3) is 98.4 Å².